The minimum Gasteiger partial charge on any atom is -0.457 e. The summed E-state index contributed by atoms with van der Waals surface area (Å²) in [5, 5.41) is 13.5. The van der Waals surface area contributed by atoms with Gasteiger partial charge in [-0.2, -0.15) is 0 Å². The van der Waals surface area contributed by atoms with Gasteiger partial charge in [0.25, 0.3) is 23.4 Å². The maximum absolute atomic E-state index is 13.0. The van der Waals surface area contributed by atoms with Crippen molar-refractivity contribution in [2.75, 3.05) is 25.2 Å². The number of benzene rings is 3. The molecule has 4 rings (SSSR count). The van der Waals surface area contributed by atoms with Crippen molar-refractivity contribution in [2.24, 2.45) is 0 Å². The number of nitro benzene ring substituents is 1. The van der Waals surface area contributed by atoms with Gasteiger partial charge < -0.3 is 14.8 Å². The summed E-state index contributed by atoms with van der Waals surface area (Å²) in [6.45, 7) is 0.745. The van der Waals surface area contributed by atoms with Gasteiger partial charge in [-0.3, -0.25) is 24.5 Å². The van der Waals surface area contributed by atoms with Gasteiger partial charge in [0.05, 0.1) is 28.3 Å². The number of nitro groups is 1. The number of hydrogen-bond acceptors (Lipinski definition) is 7. The molecule has 172 valence electrons. The molecule has 3 amide bonds. The van der Waals surface area contributed by atoms with E-state index in [0.717, 1.165) is 4.90 Å². The maximum atomic E-state index is 13.0. The van der Waals surface area contributed by atoms with E-state index in [2.05, 4.69) is 5.32 Å². The first-order chi connectivity index (χ1) is 16.4. The molecule has 0 saturated carbocycles. The molecule has 0 radical (unpaired) electrons. The van der Waals surface area contributed by atoms with Crippen molar-refractivity contribution in [3.8, 4) is 11.5 Å². The van der Waals surface area contributed by atoms with E-state index in [9.17, 15) is 24.5 Å². The Labute approximate surface area is 193 Å². The van der Waals surface area contributed by atoms with E-state index in [1.54, 1.807) is 6.07 Å². The predicted octanol–water partition coefficient (Wildman–Crippen LogP) is 3.56. The summed E-state index contributed by atoms with van der Waals surface area (Å²) in [6, 6.07) is 16.1. The van der Waals surface area contributed by atoms with Crippen LogP contribution in [0.1, 0.15) is 31.1 Å². The van der Waals surface area contributed by atoms with Crippen molar-refractivity contribution in [2.45, 2.75) is 0 Å². The lowest BCUT2D eigenvalue weighted by Gasteiger charge is -2.14. The number of methoxy groups -OCH3 is 1. The molecule has 0 saturated heterocycles. The lowest BCUT2D eigenvalue weighted by Crippen LogP contribution is -2.30. The van der Waals surface area contributed by atoms with Crippen LogP contribution in [-0.2, 0) is 4.74 Å². The minimum atomic E-state index is -0.522. The topological polar surface area (TPSA) is 128 Å². The summed E-state index contributed by atoms with van der Waals surface area (Å²) >= 11 is 0. The second-order valence-corrected chi connectivity index (χ2v) is 7.30. The molecule has 0 aliphatic carbocycles. The smallest absolute Gasteiger partial charge is 0.269 e. The molecule has 1 aliphatic rings. The zero-order valence-corrected chi connectivity index (χ0v) is 18.0. The fourth-order valence-corrected chi connectivity index (χ4v) is 3.42. The van der Waals surface area contributed by atoms with Crippen molar-refractivity contribution < 1.29 is 28.8 Å². The molecule has 0 fully saturated rings. The van der Waals surface area contributed by atoms with Crippen molar-refractivity contribution in [1.29, 1.82) is 0 Å². The lowest BCUT2D eigenvalue weighted by atomic mass is 10.1. The van der Waals surface area contributed by atoms with Gasteiger partial charge in [-0.05, 0) is 54.6 Å². The van der Waals surface area contributed by atoms with Gasteiger partial charge in [-0.15, -0.1) is 0 Å². The quantitative estimate of drug-likeness (QED) is 0.235. The van der Waals surface area contributed by atoms with E-state index < -0.39 is 16.7 Å². The fourth-order valence-electron chi connectivity index (χ4n) is 3.42. The number of carbonyl (C=O) groups excluding carboxylic acids is 3. The van der Waals surface area contributed by atoms with Gasteiger partial charge in [0, 0.05) is 31.4 Å². The Kier molecular flexibility index (Phi) is 6.33. The van der Waals surface area contributed by atoms with Gasteiger partial charge in [0.15, 0.2) is 0 Å². The van der Waals surface area contributed by atoms with E-state index >= 15 is 0 Å². The first kappa shape index (κ1) is 22.6. The molecule has 0 spiro atoms. The third-order valence-corrected chi connectivity index (χ3v) is 5.12. The number of nitrogens with zero attached hydrogens (tertiary/aromatic N) is 2. The number of amides is 3. The standard InChI is InChI=1S/C24H19N3O7/c1-33-13-12-25-22(28)15-2-4-16(5-3-15)26-23(29)20-11-10-19(14-21(20)24(26)30)34-18-8-6-17(7-9-18)27(31)32/h2-11,14H,12-13H2,1H3,(H,25,28). The van der Waals surface area contributed by atoms with Gasteiger partial charge >= 0.3 is 0 Å². The van der Waals surface area contributed by atoms with E-state index in [0.29, 0.717) is 35.9 Å². The molecular formula is C24H19N3O7. The van der Waals surface area contributed by atoms with E-state index in [1.807, 2.05) is 0 Å². The number of anilines is 1. The summed E-state index contributed by atoms with van der Waals surface area (Å²) in [5.41, 5.74) is 1.04. The highest BCUT2D eigenvalue weighted by Gasteiger charge is 2.37. The Morgan fingerprint density at radius 3 is 2.24 bits per heavy atom. The van der Waals surface area contributed by atoms with Crippen LogP contribution in [0.25, 0.3) is 0 Å². The Morgan fingerprint density at radius 2 is 1.59 bits per heavy atom. The largest absolute Gasteiger partial charge is 0.457 e. The summed E-state index contributed by atoms with van der Waals surface area (Å²) in [7, 11) is 1.54. The van der Waals surface area contributed by atoms with E-state index in [1.165, 1.54) is 67.8 Å². The zero-order chi connectivity index (χ0) is 24.2. The first-order valence-corrected chi connectivity index (χ1v) is 10.2. The summed E-state index contributed by atoms with van der Waals surface area (Å²) in [5.74, 6) is -0.651. The van der Waals surface area contributed by atoms with Crippen LogP contribution < -0.4 is 15.0 Å². The van der Waals surface area contributed by atoms with Crippen LogP contribution in [0.3, 0.4) is 0 Å². The number of carbonyl (C=O) groups is 3. The highest BCUT2D eigenvalue weighted by molar-refractivity contribution is 6.34. The van der Waals surface area contributed by atoms with Gasteiger partial charge in [-0.1, -0.05) is 0 Å². The molecule has 1 N–H and O–H groups in total. The molecule has 3 aromatic rings. The number of fused-ring (bicyclic) bond motifs is 1. The van der Waals surface area contributed by atoms with Gasteiger partial charge in [0.1, 0.15) is 11.5 Å². The lowest BCUT2D eigenvalue weighted by molar-refractivity contribution is -0.384. The van der Waals surface area contributed by atoms with Crippen LogP contribution in [0.2, 0.25) is 0 Å². The average Bonchev–Trinajstić information content (AvgIpc) is 3.09. The van der Waals surface area contributed by atoms with Crippen molar-refractivity contribution >= 4 is 29.1 Å². The summed E-state index contributed by atoms with van der Waals surface area (Å²) in [6.07, 6.45) is 0. The first-order valence-electron chi connectivity index (χ1n) is 10.2. The van der Waals surface area contributed by atoms with Crippen LogP contribution in [0.5, 0.6) is 11.5 Å². The molecular weight excluding hydrogens is 442 g/mol. The Balaban J connectivity index is 1.50. The molecule has 34 heavy (non-hydrogen) atoms. The molecule has 10 nitrogen and oxygen atoms in total. The monoisotopic (exact) mass is 461 g/mol. The highest BCUT2D eigenvalue weighted by atomic mass is 16.6. The molecule has 10 heteroatoms. The number of ether oxygens (including phenoxy) is 2. The Hall–Kier alpha value is -4.57. The normalized spacial score (nSPS) is 12.4. The molecule has 3 aromatic carbocycles. The van der Waals surface area contributed by atoms with Crippen molar-refractivity contribution in [3.05, 3.63) is 93.5 Å². The Morgan fingerprint density at radius 1 is 0.941 bits per heavy atom. The van der Waals surface area contributed by atoms with Gasteiger partial charge in [0.2, 0.25) is 0 Å². The molecule has 0 aromatic heterocycles. The van der Waals surface area contributed by atoms with Crippen LogP contribution in [0.4, 0.5) is 11.4 Å². The minimum absolute atomic E-state index is 0.0730. The number of hydrogen-bond donors (Lipinski definition) is 1. The number of rotatable bonds is 8. The highest BCUT2D eigenvalue weighted by Crippen LogP contribution is 2.32. The van der Waals surface area contributed by atoms with Crippen LogP contribution in [-0.4, -0.2) is 42.9 Å². The number of imide groups is 1. The van der Waals surface area contributed by atoms with Crippen LogP contribution in [0.15, 0.2) is 66.7 Å². The fraction of sp³-hybridized carbons (Fsp3) is 0.125. The van der Waals surface area contributed by atoms with Crippen LogP contribution >= 0.6 is 0 Å². The molecule has 0 unspecified atom stereocenters. The predicted molar refractivity (Wildman–Crippen MR) is 121 cm³/mol. The number of non-ortho nitro benzene ring substituents is 1. The second-order valence-electron chi connectivity index (χ2n) is 7.30. The summed E-state index contributed by atoms with van der Waals surface area (Å²) in [4.78, 5) is 49.3. The van der Waals surface area contributed by atoms with Crippen molar-refractivity contribution in [1.82, 2.24) is 5.32 Å². The maximum Gasteiger partial charge on any atom is 0.269 e. The second kappa shape index (κ2) is 9.51. The SMILES string of the molecule is COCCNC(=O)c1ccc(N2C(=O)c3ccc(Oc4ccc([N+](=O)[O-])cc4)cc3C2=O)cc1. The molecule has 1 aliphatic heterocycles. The van der Waals surface area contributed by atoms with E-state index in [4.69, 9.17) is 9.47 Å². The molecule has 0 atom stereocenters. The number of nitrogens with one attached hydrogen (secondary N) is 1. The zero-order valence-electron chi connectivity index (χ0n) is 18.0. The average molecular weight is 461 g/mol. The van der Waals surface area contributed by atoms with Gasteiger partial charge in [-0.25, -0.2) is 4.90 Å². The van der Waals surface area contributed by atoms with Crippen molar-refractivity contribution in [3.63, 3.8) is 0 Å². The third-order valence-electron chi connectivity index (χ3n) is 5.12. The molecule has 1 heterocycles. The third kappa shape index (κ3) is 4.48. The molecule has 0 bridgehead atoms. The van der Waals surface area contributed by atoms with Crippen LogP contribution in [0, 0.1) is 10.1 Å². The van der Waals surface area contributed by atoms with E-state index in [-0.39, 0.29) is 22.7 Å². The Bertz CT molecular complexity index is 1270. The summed E-state index contributed by atoms with van der Waals surface area (Å²) < 4.78 is 10.6.